The molecule has 0 radical (unpaired) electrons. The van der Waals surface area contributed by atoms with E-state index in [9.17, 15) is 9.59 Å². The van der Waals surface area contributed by atoms with Gasteiger partial charge in [0.15, 0.2) is 0 Å². The molecule has 2 aromatic carbocycles. The van der Waals surface area contributed by atoms with E-state index in [1.54, 1.807) is 10.6 Å². The van der Waals surface area contributed by atoms with Gasteiger partial charge < -0.3 is 15.6 Å². The highest BCUT2D eigenvalue weighted by Gasteiger charge is 2.37. The first kappa shape index (κ1) is 19.5. The second-order valence-corrected chi connectivity index (χ2v) is 9.11. The van der Waals surface area contributed by atoms with Gasteiger partial charge in [-0.05, 0) is 36.1 Å². The molecule has 1 unspecified atom stereocenters. The third-order valence-electron chi connectivity index (χ3n) is 5.52. The highest BCUT2D eigenvalue weighted by molar-refractivity contribution is 6.05. The lowest BCUT2D eigenvalue weighted by Gasteiger charge is -2.30. The fourth-order valence-electron chi connectivity index (χ4n) is 4.16. The number of imidazole rings is 1. The second kappa shape index (κ2) is 7.19. The second-order valence-electron chi connectivity index (χ2n) is 9.11. The molecule has 1 aliphatic heterocycles. The van der Waals surface area contributed by atoms with E-state index in [-0.39, 0.29) is 17.0 Å². The monoisotopic (exact) mass is 392 g/mol. The Morgan fingerprint density at radius 1 is 1.14 bits per heavy atom. The molecule has 6 nitrogen and oxygen atoms in total. The molecule has 1 aromatic heterocycles. The van der Waals surface area contributed by atoms with Crippen molar-refractivity contribution in [2.24, 2.45) is 5.41 Å². The smallest absolute Gasteiger partial charge is 0.326 e. The van der Waals surface area contributed by atoms with E-state index in [1.807, 2.05) is 30.3 Å². The molecule has 1 aliphatic rings. The van der Waals surface area contributed by atoms with E-state index >= 15 is 0 Å². The molecular formula is C23H28N4O2. The molecule has 29 heavy (non-hydrogen) atoms. The Morgan fingerprint density at radius 3 is 2.55 bits per heavy atom. The van der Waals surface area contributed by atoms with E-state index in [2.05, 4.69) is 48.5 Å². The molecule has 1 saturated heterocycles. The first-order valence-corrected chi connectivity index (χ1v) is 10.1. The number of nitrogens with zero attached hydrogens (tertiary/aromatic N) is 1. The molecule has 3 aromatic rings. The van der Waals surface area contributed by atoms with Crippen molar-refractivity contribution in [3.8, 4) is 0 Å². The van der Waals surface area contributed by atoms with Crippen LogP contribution in [0.4, 0.5) is 0 Å². The Bertz CT molecular complexity index is 1080. The maximum Gasteiger partial charge on any atom is 0.326 e. The summed E-state index contributed by atoms with van der Waals surface area (Å²) in [5.74, 6) is -0.174. The molecular weight excluding hydrogens is 364 g/mol. The predicted molar refractivity (Wildman–Crippen MR) is 115 cm³/mol. The first-order valence-electron chi connectivity index (χ1n) is 10.1. The number of fused-ring (bicyclic) bond motifs is 1. The van der Waals surface area contributed by atoms with Crippen LogP contribution in [0.2, 0.25) is 0 Å². The zero-order chi connectivity index (χ0) is 20.6. The quantitative estimate of drug-likeness (QED) is 0.639. The summed E-state index contributed by atoms with van der Waals surface area (Å²) in [6.45, 7) is 8.37. The summed E-state index contributed by atoms with van der Waals surface area (Å²) in [5, 5.41) is 6.63. The number of amides is 1. The summed E-state index contributed by atoms with van der Waals surface area (Å²) < 4.78 is 1.72. The van der Waals surface area contributed by atoms with Crippen LogP contribution in [0.5, 0.6) is 0 Å². The van der Waals surface area contributed by atoms with Crippen molar-refractivity contribution < 1.29 is 4.79 Å². The van der Waals surface area contributed by atoms with E-state index < -0.39 is 5.54 Å². The lowest BCUT2D eigenvalue weighted by Crippen LogP contribution is -2.47. The van der Waals surface area contributed by atoms with Gasteiger partial charge in [-0.15, -0.1) is 0 Å². The minimum Gasteiger partial charge on any atom is -0.341 e. The number of carbonyl (C=O) groups is 1. The average Bonchev–Trinajstić information content (AvgIpc) is 3.27. The summed E-state index contributed by atoms with van der Waals surface area (Å²) in [4.78, 5) is 28.8. The summed E-state index contributed by atoms with van der Waals surface area (Å²) >= 11 is 0. The number of H-pyrrole nitrogens is 1. The maximum absolute atomic E-state index is 13.3. The van der Waals surface area contributed by atoms with E-state index in [0.717, 1.165) is 24.0 Å². The van der Waals surface area contributed by atoms with E-state index in [0.29, 0.717) is 24.2 Å². The Hall–Kier alpha value is -2.86. The maximum atomic E-state index is 13.3. The van der Waals surface area contributed by atoms with Crippen molar-refractivity contribution in [2.45, 2.75) is 39.3 Å². The highest BCUT2D eigenvalue weighted by Crippen LogP contribution is 2.29. The number of rotatable bonds is 4. The number of benzene rings is 2. The summed E-state index contributed by atoms with van der Waals surface area (Å²) in [5.41, 5.74) is 2.25. The molecule has 4 rings (SSSR count). The van der Waals surface area contributed by atoms with Crippen LogP contribution in [0.25, 0.3) is 11.0 Å². The number of para-hydroxylation sites is 1. The third kappa shape index (κ3) is 3.72. The predicted octanol–water partition coefficient (Wildman–Crippen LogP) is 2.99. The van der Waals surface area contributed by atoms with Crippen LogP contribution in [0.1, 0.15) is 43.1 Å². The lowest BCUT2D eigenvalue weighted by atomic mass is 9.88. The Balaban J connectivity index is 1.72. The van der Waals surface area contributed by atoms with Gasteiger partial charge in [0.2, 0.25) is 0 Å². The minimum atomic E-state index is -0.450. The van der Waals surface area contributed by atoms with E-state index in [1.165, 1.54) is 0 Å². The number of aromatic nitrogens is 2. The van der Waals surface area contributed by atoms with Gasteiger partial charge in [0.05, 0.1) is 22.1 Å². The number of hydrogen-bond acceptors (Lipinski definition) is 3. The Morgan fingerprint density at radius 2 is 1.90 bits per heavy atom. The summed E-state index contributed by atoms with van der Waals surface area (Å²) in [6, 6.07) is 15.6. The minimum absolute atomic E-state index is 0.0515. The fraction of sp³-hybridized carbons (Fsp3) is 0.391. The fourth-order valence-corrected chi connectivity index (χ4v) is 4.16. The van der Waals surface area contributed by atoms with Gasteiger partial charge in [-0.25, -0.2) is 4.79 Å². The van der Waals surface area contributed by atoms with Crippen molar-refractivity contribution in [3.63, 3.8) is 0 Å². The molecule has 1 atom stereocenters. The zero-order valence-electron chi connectivity index (χ0n) is 17.2. The summed E-state index contributed by atoms with van der Waals surface area (Å²) in [6.07, 6.45) is 0.820. The number of nitrogens with one attached hydrogen (secondary N) is 3. The van der Waals surface area contributed by atoms with Gasteiger partial charge in [0.1, 0.15) is 0 Å². The van der Waals surface area contributed by atoms with Crippen LogP contribution in [0.3, 0.4) is 0 Å². The first-order chi connectivity index (χ1) is 13.8. The molecule has 152 valence electrons. The van der Waals surface area contributed by atoms with Gasteiger partial charge in [-0.1, -0.05) is 57.2 Å². The van der Waals surface area contributed by atoms with Crippen LogP contribution >= 0.6 is 0 Å². The third-order valence-corrected chi connectivity index (χ3v) is 5.52. The zero-order valence-corrected chi connectivity index (χ0v) is 17.2. The number of hydrogen-bond donors (Lipinski definition) is 3. The number of aromatic amines is 1. The standard InChI is InChI=1S/C23H28N4O2/c1-22(2,3)15-27-18-11-7-10-17(19(18)25-21(27)29)20(28)26-23(12-13-24-14-23)16-8-5-4-6-9-16/h4-11,24H,12-15H2,1-3H3,(H,25,29)(H,26,28). The van der Waals surface area contributed by atoms with Crippen molar-refractivity contribution in [3.05, 3.63) is 70.1 Å². The highest BCUT2D eigenvalue weighted by atomic mass is 16.2. The Labute approximate surface area is 170 Å². The molecule has 1 amide bonds. The van der Waals surface area contributed by atoms with Crippen LogP contribution in [0, 0.1) is 5.41 Å². The van der Waals surface area contributed by atoms with Crippen molar-refractivity contribution in [2.75, 3.05) is 13.1 Å². The van der Waals surface area contributed by atoms with Crippen LogP contribution in [-0.2, 0) is 12.1 Å². The van der Waals surface area contributed by atoms with Crippen LogP contribution < -0.4 is 16.3 Å². The summed E-state index contributed by atoms with van der Waals surface area (Å²) in [7, 11) is 0. The largest absolute Gasteiger partial charge is 0.341 e. The van der Waals surface area contributed by atoms with Gasteiger partial charge in [0, 0.05) is 13.1 Å². The molecule has 1 fully saturated rings. The van der Waals surface area contributed by atoms with Crippen molar-refractivity contribution >= 4 is 16.9 Å². The molecule has 3 N–H and O–H groups in total. The van der Waals surface area contributed by atoms with Crippen molar-refractivity contribution in [1.29, 1.82) is 0 Å². The number of carbonyl (C=O) groups excluding carboxylic acids is 1. The molecule has 0 aliphatic carbocycles. The van der Waals surface area contributed by atoms with Gasteiger partial charge >= 0.3 is 5.69 Å². The normalized spacial score (nSPS) is 19.6. The average molecular weight is 393 g/mol. The topological polar surface area (TPSA) is 78.9 Å². The molecule has 0 bridgehead atoms. The van der Waals surface area contributed by atoms with Gasteiger partial charge in [-0.2, -0.15) is 0 Å². The molecule has 0 saturated carbocycles. The van der Waals surface area contributed by atoms with E-state index in [4.69, 9.17) is 0 Å². The Kier molecular flexibility index (Phi) is 4.82. The SMILES string of the molecule is CC(C)(C)Cn1c(=O)[nH]c2c(C(=O)NC3(c4ccccc4)CCNC3)cccc21. The van der Waals surface area contributed by atoms with Gasteiger partial charge in [0.25, 0.3) is 5.91 Å². The molecule has 0 spiro atoms. The lowest BCUT2D eigenvalue weighted by molar-refractivity contribution is 0.0906. The molecule has 6 heteroatoms. The molecule has 2 heterocycles. The van der Waals surface area contributed by atoms with Gasteiger partial charge in [-0.3, -0.25) is 9.36 Å². The van der Waals surface area contributed by atoms with Crippen LogP contribution in [0.15, 0.2) is 53.3 Å². The van der Waals surface area contributed by atoms with Crippen LogP contribution in [-0.4, -0.2) is 28.5 Å². The van der Waals surface area contributed by atoms with Crippen molar-refractivity contribution in [1.82, 2.24) is 20.2 Å².